The smallest absolute Gasteiger partial charge is 0.406 e. The SMILES string of the molecule is C[C@@H]1C[C@@H](N)CCN1C(=O)Cc1ccc(OC(F)(F)F)cc1. The Hall–Kier alpha value is -1.76. The summed E-state index contributed by atoms with van der Waals surface area (Å²) in [6.07, 6.45) is -3.01. The number of piperidine rings is 1. The zero-order valence-electron chi connectivity index (χ0n) is 12.3. The summed E-state index contributed by atoms with van der Waals surface area (Å²) >= 11 is 0. The van der Waals surface area contributed by atoms with E-state index in [1.807, 2.05) is 6.92 Å². The van der Waals surface area contributed by atoms with Gasteiger partial charge in [0.1, 0.15) is 5.75 Å². The molecule has 1 heterocycles. The lowest BCUT2D eigenvalue weighted by molar-refractivity contribution is -0.274. The maximum absolute atomic E-state index is 12.3. The maximum Gasteiger partial charge on any atom is 0.573 e. The van der Waals surface area contributed by atoms with Gasteiger partial charge in [-0.05, 0) is 37.5 Å². The standard InChI is InChI=1S/C15H19F3N2O2/c1-10-8-12(19)6-7-20(10)14(21)9-11-2-4-13(5-3-11)22-15(16,17)18/h2-5,10,12H,6-9,19H2,1H3/t10-,12+/m1/s1. The maximum atomic E-state index is 12.3. The second kappa shape index (κ2) is 6.56. The summed E-state index contributed by atoms with van der Waals surface area (Å²) in [7, 11) is 0. The predicted molar refractivity (Wildman–Crippen MR) is 75.2 cm³/mol. The highest BCUT2D eigenvalue weighted by Gasteiger charge is 2.31. The van der Waals surface area contributed by atoms with E-state index in [-0.39, 0.29) is 30.2 Å². The van der Waals surface area contributed by atoms with Gasteiger partial charge in [0.2, 0.25) is 5.91 Å². The van der Waals surface area contributed by atoms with Crippen LogP contribution in [0.5, 0.6) is 5.75 Å². The topological polar surface area (TPSA) is 55.6 Å². The molecule has 1 aromatic carbocycles. The van der Waals surface area contributed by atoms with E-state index in [2.05, 4.69) is 4.74 Å². The van der Waals surface area contributed by atoms with Crippen LogP contribution >= 0.6 is 0 Å². The molecule has 1 amide bonds. The van der Waals surface area contributed by atoms with Crippen molar-refractivity contribution in [2.75, 3.05) is 6.54 Å². The second-order valence-electron chi connectivity index (χ2n) is 5.59. The van der Waals surface area contributed by atoms with Gasteiger partial charge >= 0.3 is 6.36 Å². The van der Waals surface area contributed by atoms with Gasteiger partial charge in [-0.1, -0.05) is 12.1 Å². The van der Waals surface area contributed by atoms with Crippen molar-refractivity contribution in [3.8, 4) is 5.75 Å². The van der Waals surface area contributed by atoms with Crippen LogP contribution in [0, 0.1) is 0 Å². The van der Waals surface area contributed by atoms with Gasteiger partial charge in [-0.3, -0.25) is 4.79 Å². The van der Waals surface area contributed by atoms with Crippen LogP contribution < -0.4 is 10.5 Å². The monoisotopic (exact) mass is 316 g/mol. The van der Waals surface area contributed by atoms with Gasteiger partial charge in [-0.15, -0.1) is 13.2 Å². The van der Waals surface area contributed by atoms with Crippen molar-refractivity contribution in [2.45, 2.75) is 44.6 Å². The van der Waals surface area contributed by atoms with Gasteiger partial charge in [0.15, 0.2) is 0 Å². The van der Waals surface area contributed by atoms with Gasteiger partial charge in [0.25, 0.3) is 0 Å². The van der Waals surface area contributed by atoms with Gasteiger partial charge in [-0.25, -0.2) is 0 Å². The third kappa shape index (κ3) is 4.62. The quantitative estimate of drug-likeness (QED) is 0.932. The van der Waals surface area contributed by atoms with E-state index in [0.717, 1.165) is 12.8 Å². The van der Waals surface area contributed by atoms with E-state index in [0.29, 0.717) is 12.1 Å². The molecule has 1 aliphatic rings. The number of hydrogen-bond donors (Lipinski definition) is 1. The summed E-state index contributed by atoms with van der Waals surface area (Å²) in [5.41, 5.74) is 6.52. The molecule has 0 unspecified atom stereocenters. The first kappa shape index (κ1) is 16.6. The van der Waals surface area contributed by atoms with E-state index in [1.54, 1.807) is 4.90 Å². The van der Waals surface area contributed by atoms with Crippen molar-refractivity contribution in [1.82, 2.24) is 4.90 Å². The molecule has 122 valence electrons. The Kier molecular flexibility index (Phi) is 4.95. The molecular formula is C15H19F3N2O2. The Morgan fingerprint density at radius 1 is 1.36 bits per heavy atom. The Morgan fingerprint density at radius 3 is 2.55 bits per heavy atom. The first-order valence-electron chi connectivity index (χ1n) is 7.14. The lowest BCUT2D eigenvalue weighted by Crippen LogP contribution is -2.48. The fourth-order valence-corrected chi connectivity index (χ4v) is 2.66. The van der Waals surface area contributed by atoms with E-state index in [9.17, 15) is 18.0 Å². The Bertz CT molecular complexity index is 517. The first-order chi connectivity index (χ1) is 10.2. The number of ether oxygens (including phenoxy) is 1. The molecule has 2 rings (SSSR count). The Labute approximate surface area is 127 Å². The lowest BCUT2D eigenvalue weighted by atomic mass is 9.98. The van der Waals surface area contributed by atoms with Gasteiger partial charge in [0, 0.05) is 18.6 Å². The minimum atomic E-state index is -4.71. The normalized spacial score (nSPS) is 22.5. The average molecular weight is 316 g/mol. The highest BCUT2D eigenvalue weighted by Crippen LogP contribution is 2.23. The minimum absolute atomic E-state index is 0.0381. The summed E-state index contributed by atoms with van der Waals surface area (Å²) < 4.78 is 40.0. The number of nitrogens with zero attached hydrogens (tertiary/aromatic N) is 1. The van der Waals surface area contributed by atoms with E-state index >= 15 is 0 Å². The summed E-state index contributed by atoms with van der Waals surface area (Å²) in [5.74, 6) is -0.329. The molecule has 0 spiro atoms. The van der Waals surface area contributed by atoms with Crippen molar-refractivity contribution in [2.24, 2.45) is 5.73 Å². The summed E-state index contributed by atoms with van der Waals surface area (Å²) in [4.78, 5) is 14.1. The van der Waals surface area contributed by atoms with Crippen molar-refractivity contribution >= 4 is 5.91 Å². The molecule has 2 atom stereocenters. The number of rotatable bonds is 3. The van der Waals surface area contributed by atoms with Crippen LogP contribution in [0.15, 0.2) is 24.3 Å². The van der Waals surface area contributed by atoms with Crippen molar-refractivity contribution in [3.63, 3.8) is 0 Å². The number of hydrogen-bond acceptors (Lipinski definition) is 3. The number of amides is 1. The number of nitrogens with two attached hydrogens (primary N) is 1. The molecule has 0 radical (unpaired) electrons. The molecule has 0 bridgehead atoms. The van der Waals surface area contributed by atoms with E-state index in [4.69, 9.17) is 5.73 Å². The van der Waals surface area contributed by atoms with Crippen LogP contribution in [0.4, 0.5) is 13.2 Å². The van der Waals surface area contributed by atoms with E-state index < -0.39 is 6.36 Å². The Balaban J connectivity index is 1.94. The van der Waals surface area contributed by atoms with Crippen molar-refractivity contribution < 1.29 is 22.7 Å². The molecular weight excluding hydrogens is 297 g/mol. The molecule has 1 aromatic rings. The highest BCUT2D eigenvalue weighted by atomic mass is 19.4. The molecule has 4 nitrogen and oxygen atoms in total. The second-order valence-corrected chi connectivity index (χ2v) is 5.59. The van der Waals surface area contributed by atoms with Crippen LogP contribution in [-0.4, -0.2) is 35.8 Å². The molecule has 1 fully saturated rings. The number of likely N-dealkylation sites (tertiary alicyclic amines) is 1. The zero-order valence-corrected chi connectivity index (χ0v) is 12.3. The summed E-state index contributed by atoms with van der Waals surface area (Å²) in [5, 5.41) is 0. The van der Waals surface area contributed by atoms with Crippen LogP contribution in [0.1, 0.15) is 25.3 Å². The minimum Gasteiger partial charge on any atom is -0.406 e. The number of carbonyl (C=O) groups excluding carboxylic acids is 1. The number of carbonyl (C=O) groups is 1. The highest BCUT2D eigenvalue weighted by molar-refractivity contribution is 5.79. The predicted octanol–water partition coefficient (Wildman–Crippen LogP) is 2.47. The van der Waals surface area contributed by atoms with Crippen LogP contribution in [-0.2, 0) is 11.2 Å². The van der Waals surface area contributed by atoms with Gasteiger partial charge in [-0.2, -0.15) is 0 Å². The Morgan fingerprint density at radius 2 is 2.00 bits per heavy atom. The third-order valence-electron chi connectivity index (χ3n) is 3.75. The lowest BCUT2D eigenvalue weighted by Gasteiger charge is -2.36. The van der Waals surface area contributed by atoms with Gasteiger partial charge in [0.05, 0.1) is 6.42 Å². The molecule has 0 aliphatic carbocycles. The molecule has 7 heteroatoms. The third-order valence-corrected chi connectivity index (χ3v) is 3.75. The molecule has 1 aliphatic heterocycles. The molecule has 1 saturated heterocycles. The first-order valence-corrected chi connectivity index (χ1v) is 7.14. The molecule has 22 heavy (non-hydrogen) atoms. The number of benzene rings is 1. The largest absolute Gasteiger partial charge is 0.573 e. The van der Waals surface area contributed by atoms with Gasteiger partial charge < -0.3 is 15.4 Å². The van der Waals surface area contributed by atoms with E-state index in [1.165, 1.54) is 24.3 Å². The van der Waals surface area contributed by atoms with Crippen molar-refractivity contribution in [1.29, 1.82) is 0 Å². The number of alkyl halides is 3. The van der Waals surface area contributed by atoms with Crippen LogP contribution in [0.3, 0.4) is 0 Å². The molecule has 2 N–H and O–H groups in total. The fraction of sp³-hybridized carbons (Fsp3) is 0.533. The van der Waals surface area contributed by atoms with Crippen LogP contribution in [0.25, 0.3) is 0 Å². The fourth-order valence-electron chi connectivity index (χ4n) is 2.66. The summed E-state index contributed by atoms with van der Waals surface area (Å²) in [6.45, 7) is 2.58. The molecule has 0 saturated carbocycles. The molecule has 0 aromatic heterocycles. The van der Waals surface area contributed by atoms with Crippen LogP contribution in [0.2, 0.25) is 0 Å². The summed E-state index contributed by atoms with van der Waals surface area (Å²) in [6, 6.07) is 5.58. The average Bonchev–Trinajstić information content (AvgIpc) is 2.39. The zero-order chi connectivity index (χ0) is 16.3. The number of halogens is 3. The van der Waals surface area contributed by atoms with Crippen molar-refractivity contribution in [3.05, 3.63) is 29.8 Å².